The number of benzene rings is 1. The Bertz CT molecular complexity index is 639. The minimum absolute atomic E-state index is 0.297. The number of aromatic nitrogens is 3. The molecule has 1 aliphatic rings. The summed E-state index contributed by atoms with van der Waals surface area (Å²) >= 11 is 1.48. The Morgan fingerprint density at radius 2 is 2.15 bits per heavy atom. The van der Waals surface area contributed by atoms with Crippen molar-refractivity contribution >= 4 is 17.7 Å². The van der Waals surface area contributed by atoms with E-state index in [1.807, 2.05) is 6.07 Å². The normalized spacial score (nSPS) is 14.6. The molecule has 0 atom stereocenters. The van der Waals surface area contributed by atoms with Crippen LogP contribution in [0.15, 0.2) is 34.3 Å². The first-order chi connectivity index (χ1) is 9.74. The van der Waals surface area contributed by atoms with Gasteiger partial charge in [-0.05, 0) is 42.8 Å². The number of hydrogen-bond acceptors (Lipinski definition) is 4. The summed E-state index contributed by atoms with van der Waals surface area (Å²) in [5.74, 6) is 0.131. The van der Waals surface area contributed by atoms with Gasteiger partial charge in [-0.25, -0.2) is 4.79 Å². The first-order valence-electron chi connectivity index (χ1n) is 6.67. The maximum Gasteiger partial charge on any atom is 0.335 e. The van der Waals surface area contributed by atoms with Crippen molar-refractivity contribution < 1.29 is 9.90 Å². The number of hydrogen-bond donors (Lipinski definition) is 1. The fraction of sp³-hybridized carbons (Fsp3) is 0.357. The maximum absolute atomic E-state index is 11.0. The number of aryl methyl sites for hydroxylation is 1. The van der Waals surface area contributed by atoms with Gasteiger partial charge in [0.1, 0.15) is 5.82 Å². The van der Waals surface area contributed by atoms with Crippen LogP contribution in [0.2, 0.25) is 0 Å². The third-order valence-corrected chi connectivity index (χ3v) is 4.34. The molecule has 1 aromatic carbocycles. The number of fused-ring (bicyclic) bond motifs is 1. The van der Waals surface area contributed by atoms with Gasteiger partial charge in [0.25, 0.3) is 0 Å². The first kappa shape index (κ1) is 13.2. The predicted molar refractivity (Wildman–Crippen MR) is 75.1 cm³/mol. The lowest BCUT2D eigenvalue weighted by Gasteiger charge is -2.06. The number of carbonyl (C=O) groups is 1. The third-order valence-electron chi connectivity index (χ3n) is 3.37. The van der Waals surface area contributed by atoms with E-state index in [2.05, 4.69) is 14.8 Å². The molecule has 104 valence electrons. The van der Waals surface area contributed by atoms with E-state index < -0.39 is 5.97 Å². The Hall–Kier alpha value is -1.82. The standard InChI is InChI=1S/C14H15N3O2S/c18-13(19)10-5-4-6-11(9-10)20-14-16-15-12-7-2-1-3-8-17(12)14/h4-6,9H,1-3,7-8H2,(H,18,19). The zero-order valence-corrected chi connectivity index (χ0v) is 11.8. The lowest BCUT2D eigenvalue weighted by molar-refractivity contribution is 0.0696. The second-order valence-electron chi connectivity index (χ2n) is 4.80. The van der Waals surface area contributed by atoms with Crippen LogP contribution >= 0.6 is 11.8 Å². The molecule has 0 bridgehead atoms. The van der Waals surface area contributed by atoms with Gasteiger partial charge in [0, 0.05) is 17.9 Å². The number of carboxylic acid groups (broad SMARTS) is 1. The van der Waals surface area contributed by atoms with Crippen molar-refractivity contribution in [2.24, 2.45) is 0 Å². The van der Waals surface area contributed by atoms with Crippen molar-refractivity contribution in [2.45, 2.75) is 42.3 Å². The Labute approximate surface area is 121 Å². The van der Waals surface area contributed by atoms with Crippen molar-refractivity contribution in [1.29, 1.82) is 0 Å². The Morgan fingerprint density at radius 1 is 1.25 bits per heavy atom. The van der Waals surface area contributed by atoms with E-state index in [4.69, 9.17) is 5.11 Å². The highest BCUT2D eigenvalue weighted by Gasteiger charge is 2.15. The summed E-state index contributed by atoms with van der Waals surface area (Å²) in [5.41, 5.74) is 0.297. The molecule has 0 amide bonds. The second-order valence-corrected chi connectivity index (χ2v) is 5.84. The molecule has 0 saturated carbocycles. The average Bonchev–Trinajstić information content (AvgIpc) is 2.68. The molecule has 1 N–H and O–H groups in total. The van der Waals surface area contributed by atoms with Crippen LogP contribution < -0.4 is 0 Å². The van der Waals surface area contributed by atoms with E-state index >= 15 is 0 Å². The quantitative estimate of drug-likeness (QED) is 0.941. The van der Waals surface area contributed by atoms with Gasteiger partial charge in [0.15, 0.2) is 5.16 Å². The van der Waals surface area contributed by atoms with E-state index in [1.165, 1.54) is 18.2 Å². The molecule has 0 spiro atoms. The van der Waals surface area contributed by atoms with Crippen LogP contribution in [0.3, 0.4) is 0 Å². The zero-order chi connectivity index (χ0) is 13.9. The molecule has 2 aromatic rings. The summed E-state index contributed by atoms with van der Waals surface area (Å²) in [7, 11) is 0. The van der Waals surface area contributed by atoms with Gasteiger partial charge in [-0.3, -0.25) is 0 Å². The fourth-order valence-electron chi connectivity index (χ4n) is 2.33. The van der Waals surface area contributed by atoms with E-state index in [0.717, 1.165) is 41.7 Å². The van der Waals surface area contributed by atoms with Gasteiger partial charge in [-0.1, -0.05) is 12.5 Å². The topological polar surface area (TPSA) is 68.0 Å². The molecular formula is C14H15N3O2S. The molecule has 0 saturated heterocycles. The number of aromatic carboxylic acids is 1. The van der Waals surface area contributed by atoms with Crippen molar-refractivity contribution in [1.82, 2.24) is 14.8 Å². The van der Waals surface area contributed by atoms with Crippen LogP contribution in [0.25, 0.3) is 0 Å². The number of carboxylic acids is 1. The summed E-state index contributed by atoms with van der Waals surface area (Å²) in [5, 5.41) is 18.4. The van der Waals surface area contributed by atoms with Crippen LogP contribution in [-0.4, -0.2) is 25.8 Å². The highest BCUT2D eigenvalue weighted by molar-refractivity contribution is 7.99. The minimum atomic E-state index is -0.910. The molecule has 2 heterocycles. The van der Waals surface area contributed by atoms with Crippen LogP contribution in [-0.2, 0) is 13.0 Å². The fourth-order valence-corrected chi connectivity index (χ4v) is 3.26. The summed E-state index contributed by atoms with van der Waals surface area (Å²) in [6, 6.07) is 6.92. The van der Waals surface area contributed by atoms with E-state index in [1.54, 1.807) is 18.2 Å². The molecule has 5 nitrogen and oxygen atoms in total. The number of rotatable bonds is 3. The van der Waals surface area contributed by atoms with Gasteiger partial charge in [0.05, 0.1) is 5.56 Å². The van der Waals surface area contributed by atoms with Crippen LogP contribution in [0, 0.1) is 0 Å². The van der Waals surface area contributed by atoms with E-state index in [-0.39, 0.29) is 0 Å². The molecule has 0 radical (unpaired) electrons. The van der Waals surface area contributed by atoms with Crippen LogP contribution in [0.4, 0.5) is 0 Å². The lowest BCUT2D eigenvalue weighted by atomic mass is 10.2. The monoisotopic (exact) mass is 289 g/mol. The molecule has 0 fully saturated rings. The summed E-state index contributed by atoms with van der Waals surface area (Å²) in [6.45, 7) is 0.948. The van der Waals surface area contributed by atoms with Crippen molar-refractivity contribution in [3.05, 3.63) is 35.7 Å². The van der Waals surface area contributed by atoms with Gasteiger partial charge in [-0.2, -0.15) is 0 Å². The zero-order valence-electron chi connectivity index (χ0n) is 11.0. The summed E-state index contributed by atoms with van der Waals surface area (Å²) in [6.07, 6.45) is 4.51. The van der Waals surface area contributed by atoms with Crippen LogP contribution in [0.5, 0.6) is 0 Å². The highest BCUT2D eigenvalue weighted by atomic mass is 32.2. The van der Waals surface area contributed by atoms with Crippen LogP contribution in [0.1, 0.15) is 35.4 Å². The van der Waals surface area contributed by atoms with E-state index in [9.17, 15) is 4.79 Å². The Kier molecular flexibility index (Phi) is 3.73. The molecule has 1 aliphatic heterocycles. The van der Waals surface area contributed by atoms with Gasteiger partial charge >= 0.3 is 5.97 Å². The lowest BCUT2D eigenvalue weighted by Crippen LogP contribution is -2.02. The molecular weight excluding hydrogens is 274 g/mol. The van der Waals surface area contributed by atoms with Crippen molar-refractivity contribution in [2.75, 3.05) is 0 Å². The average molecular weight is 289 g/mol. The Balaban J connectivity index is 1.86. The van der Waals surface area contributed by atoms with Gasteiger partial charge in [-0.15, -0.1) is 10.2 Å². The smallest absolute Gasteiger partial charge is 0.335 e. The third kappa shape index (κ3) is 2.70. The first-order valence-corrected chi connectivity index (χ1v) is 7.49. The largest absolute Gasteiger partial charge is 0.478 e. The molecule has 1 aromatic heterocycles. The second kappa shape index (κ2) is 5.66. The SMILES string of the molecule is O=C(O)c1cccc(Sc2nnc3n2CCCCC3)c1. The van der Waals surface area contributed by atoms with E-state index in [0.29, 0.717) is 5.56 Å². The van der Waals surface area contributed by atoms with Crippen molar-refractivity contribution in [3.8, 4) is 0 Å². The molecule has 6 heteroatoms. The van der Waals surface area contributed by atoms with Crippen molar-refractivity contribution in [3.63, 3.8) is 0 Å². The molecule has 0 aliphatic carbocycles. The summed E-state index contributed by atoms with van der Waals surface area (Å²) < 4.78 is 2.16. The Morgan fingerprint density at radius 3 is 3.00 bits per heavy atom. The highest BCUT2D eigenvalue weighted by Crippen LogP contribution is 2.29. The van der Waals surface area contributed by atoms with Gasteiger partial charge < -0.3 is 9.67 Å². The predicted octanol–water partition coefficient (Wildman–Crippen LogP) is 2.85. The number of nitrogens with zero attached hydrogens (tertiary/aromatic N) is 3. The molecule has 20 heavy (non-hydrogen) atoms. The van der Waals surface area contributed by atoms with Gasteiger partial charge in [0.2, 0.25) is 0 Å². The maximum atomic E-state index is 11.0. The molecule has 0 unspecified atom stereocenters. The summed E-state index contributed by atoms with van der Waals surface area (Å²) in [4.78, 5) is 11.9. The molecule has 3 rings (SSSR count). The minimum Gasteiger partial charge on any atom is -0.478 e.